The van der Waals surface area contributed by atoms with Crippen molar-refractivity contribution in [3.8, 4) is 0 Å². The predicted octanol–water partition coefficient (Wildman–Crippen LogP) is 4.37. The van der Waals surface area contributed by atoms with Crippen molar-refractivity contribution in [1.82, 2.24) is 3.80 Å². The van der Waals surface area contributed by atoms with Crippen LogP contribution in [0.25, 0.3) is 0 Å². The third kappa shape index (κ3) is 3.27. The van der Waals surface area contributed by atoms with Crippen LogP contribution in [-0.2, 0) is 17.4 Å². The average Bonchev–Trinajstić information content (AvgIpc) is 2.39. The zero-order valence-corrected chi connectivity index (χ0v) is 16.4. The van der Waals surface area contributed by atoms with E-state index in [2.05, 4.69) is 71.4 Å². The minimum atomic E-state index is -1.30. The molecule has 0 aliphatic heterocycles. The van der Waals surface area contributed by atoms with Crippen molar-refractivity contribution >= 4 is 6.66 Å². The molecule has 0 radical (unpaired) electrons. The van der Waals surface area contributed by atoms with Crippen molar-refractivity contribution in [3.63, 3.8) is 0 Å². The van der Waals surface area contributed by atoms with E-state index in [1.165, 1.54) is 11.1 Å². The molecule has 18 heavy (non-hydrogen) atoms. The Morgan fingerprint density at radius 3 is 1.94 bits per heavy atom. The van der Waals surface area contributed by atoms with E-state index in [9.17, 15) is 0 Å². The Hall–Kier alpha value is 0.371. The maximum atomic E-state index is 4.06. The van der Waals surface area contributed by atoms with Gasteiger partial charge in [-0.1, -0.05) is 0 Å². The monoisotopic (exact) mass is 300 g/mol. The van der Waals surface area contributed by atoms with Gasteiger partial charge in [-0.25, -0.2) is 0 Å². The molecule has 1 aliphatic rings. The Kier molecular flexibility index (Phi) is 4.92. The van der Waals surface area contributed by atoms with E-state index in [1.807, 2.05) is 0 Å². The van der Waals surface area contributed by atoms with Crippen molar-refractivity contribution < 1.29 is 17.4 Å². The van der Waals surface area contributed by atoms with E-state index in [-0.39, 0.29) is 5.54 Å². The SMILES string of the molecule is CC1=C[C](C)([Ti]([NH]C(C)(C)C)[SiH](C)C)C(C)=C1C. The molecule has 1 nitrogen and oxygen atoms in total. The molecule has 0 aromatic rings. The Labute approximate surface area is 121 Å². The van der Waals surface area contributed by atoms with Gasteiger partial charge in [0, 0.05) is 0 Å². The molecule has 0 aromatic heterocycles. The molecule has 0 amide bonds. The molecule has 103 valence electrons. The second-order valence-corrected chi connectivity index (χ2v) is 20.6. The van der Waals surface area contributed by atoms with Crippen LogP contribution in [0.3, 0.4) is 0 Å². The van der Waals surface area contributed by atoms with Crippen LogP contribution < -0.4 is 3.80 Å². The van der Waals surface area contributed by atoms with Gasteiger partial charge < -0.3 is 0 Å². The van der Waals surface area contributed by atoms with Crippen LogP contribution in [0.1, 0.15) is 48.5 Å². The predicted molar refractivity (Wildman–Crippen MR) is 82.3 cm³/mol. The van der Waals surface area contributed by atoms with Gasteiger partial charge in [0.2, 0.25) is 0 Å². The molecular weight excluding hydrogens is 270 g/mol. The van der Waals surface area contributed by atoms with Gasteiger partial charge in [-0.2, -0.15) is 0 Å². The summed E-state index contributed by atoms with van der Waals surface area (Å²) in [5.74, 6) is 0. The van der Waals surface area contributed by atoms with Crippen LogP contribution in [0.5, 0.6) is 0 Å². The van der Waals surface area contributed by atoms with Crippen LogP contribution in [0.2, 0.25) is 16.8 Å². The number of rotatable bonds is 3. The summed E-state index contributed by atoms with van der Waals surface area (Å²) in [5, 5.41) is 0. The Morgan fingerprint density at radius 1 is 1.17 bits per heavy atom. The van der Waals surface area contributed by atoms with E-state index in [1.54, 1.807) is 5.57 Å². The first kappa shape index (κ1) is 16.4. The van der Waals surface area contributed by atoms with Gasteiger partial charge in [0.15, 0.2) is 0 Å². The fraction of sp³-hybridized carbons (Fsp3) is 0.733. The van der Waals surface area contributed by atoms with Gasteiger partial charge in [-0.05, 0) is 0 Å². The van der Waals surface area contributed by atoms with E-state index < -0.39 is 24.0 Å². The third-order valence-corrected chi connectivity index (χ3v) is 17.9. The molecule has 0 spiro atoms. The molecule has 1 unspecified atom stereocenters. The maximum absolute atomic E-state index is 4.06. The molecular formula is C15H30NSiTi. The summed E-state index contributed by atoms with van der Waals surface area (Å²) in [5.41, 5.74) is 4.93. The van der Waals surface area contributed by atoms with Crippen molar-refractivity contribution in [2.75, 3.05) is 0 Å². The Morgan fingerprint density at radius 2 is 1.67 bits per heavy atom. The molecule has 0 aromatic carbocycles. The van der Waals surface area contributed by atoms with Gasteiger partial charge in [0.05, 0.1) is 0 Å². The summed E-state index contributed by atoms with van der Waals surface area (Å²) in [4.78, 5) is 0. The zero-order valence-electron chi connectivity index (χ0n) is 13.7. The summed E-state index contributed by atoms with van der Waals surface area (Å²) < 4.78 is 4.44. The Bertz CT molecular complexity index is 390. The van der Waals surface area contributed by atoms with Gasteiger partial charge in [0.25, 0.3) is 0 Å². The van der Waals surface area contributed by atoms with E-state index in [0.717, 1.165) is 0 Å². The van der Waals surface area contributed by atoms with Crippen LogP contribution in [-0.4, -0.2) is 12.2 Å². The second-order valence-electron chi connectivity index (χ2n) is 7.22. The molecule has 1 N–H and O–H groups in total. The third-order valence-electron chi connectivity index (χ3n) is 4.08. The topological polar surface area (TPSA) is 12.0 Å². The molecule has 0 heterocycles. The second kappa shape index (κ2) is 5.40. The number of allylic oxidation sites excluding steroid dienone is 4. The van der Waals surface area contributed by atoms with E-state index >= 15 is 0 Å². The summed E-state index contributed by atoms with van der Waals surface area (Å²) in [6.45, 7) is 20.8. The molecule has 0 fully saturated rings. The zero-order chi connectivity index (χ0) is 14.3. The van der Waals surface area contributed by atoms with Crippen LogP contribution >= 0.6 is 0 Å². The summed E-state index contributed by atoms with van der Waals surface area (Å²) in [7, 11) is 0. The molecule has 0 saturated heterocycles. The summed E-state index contributed by atoms with van der Waals surface area (Å²) >= 11 is -1.30. The molecule has 3 heteroatoms. The fourth-order valence-electron chi connectivity index (χ4n) is 2.89. The first-order valence-electron chi connectivity index (χ1n) is 7.02. The number of hydrogen-bond acceptors (Lipinski definition) is 1. The van der Waals surface area contributed by atoms with Gasteiger partial charge in [0.1, 0.15) is 0 Å². The quantitative estimate of drug-likeness (QED) is 0.763. The minimum absolute atomic E-state index is 0.258. The molecule has 0 saturated carbocycles. The molecule has 1 rings (SSSR count). The molecule has 1 atom stereocenters. The summed E-state index contributed by atoms with van der Waals surface area (Å²) in [6, 6.07) is 0. The van der Waals surface area contributed by atoms with Crippen molar-refractivity contribution in [2.24, 2.45) is 0 Å². The average molecular weight is 300 g/mol. The number of hydrogen-bond donors (Lipinski definition) is 1. The van der Waals surface area contributed by atoms with Crippen molar-refractivity contribution in [2.45, 2.75) is 70.8 Å². The van der Waals surface area contributed by atoms with Gasteiger partial charge in [-0.15, -0.1) is 0 Å². The van der Waals surface area contributed by atoms with Crippen molar-refractivity contribution in [3.05, 3.63) is 22.8 Å². The van der Waals surface area contributed by atoms with Crippen LogP contribution in [0, 0.1) is 0 Å². The first-order chi connectivity index (χ1) is 7.99. The summed E-state index contributed by atoms with van der Waals surface area (Å²) in [6.07, 6.45) is 2.57. The van der Waals surface area contributed by atoms with Crippen molar-refractivity contribution in [1.29, 1.82) is 0 Å². The standard InChI is InChI=1S/C9H13.C4H10N.C2H7Si.Ti/c1-6-5-7(2)9(4)8(6)3;1-4(2,3)5;1-3-2;/h5H,1-4H3;5H,1-3H3;3H,1-2H3;/q;-1;;+1. The van der Waals surface area contributed by atoms with E-state index in [4.69, 9.17) is 0 Å². The van der Waals surface area contributed by atoms with Gasteiger partial charge >= 0.3 is 121 Å². The molecule has 0 bridgehead atoms. The first-order valence-corrected chi connectivity index (χ1v) is 14.2. The number of nitrogens with one attached hydrogen (secondary N) is 1. The normalized spacial score (nSPS) is 24.9. The van der Waals surface area contributed by atoms with E-state index in [0.29, 0.717) is 3.72 Å². The van der Waals surface area contributed by atoms with Crippen LogP contribution in [0.15, 0.2) is 22.8 Å². The molecule has 1 aliphatic carbocycles. The fourth-order valence-corrected chi connectivity index (χ4v) is 17.5. The Balaban J connectivity index is 3.16. The van der Waals surface area contributed by atoms with Crippen LogP contribution in [0.4, 0.5) is 0 Å². The van der Waals surface area contributed by atoms with Gasteiger partial charge in [-0.3, -0.25) is 0 Å².